The summed E-state index contributed by atoms with van der Waals surface area (Å²) in [5.74, 6) is -0.438. The van der Waals surface area contributed by atoms with Gasteiger partial charge in [0.1, 0.15) is 96.4 Å². The van der Waals surface area contributed by atoms with Crippen molar-refractivity contribution in [2.75, 3.05) is 79.2 Å². The molecule has 2 amide bonds. The van der Waals surface area contributed by atoms with Crippen LogP contribution in [0.3, 0.4) is 0 Å². The van der Waals surface area contributed by atoms with Gasteiger partial charge in [0, 0.05) is 103 Å². The minimum absolute atomic E-state index is 0.00973. The third kappa shape index (κ3) is 40.7. The molecular formula is C61H111N2O35P3. The van der Waals surface area contributed by atoms with E-state index in [4.69, 9.17) is 67.3 Å². The average Bonchev–Trinajstić information content (AvgIpc) is 0.830. The van der Waals surface area contributed by atoms with Gasteiger partial charge in [0.2, 0.25) is 11.8 Å². The first-order valence-corrected chi connectivity index (χ1v) is 39.0. The van der Waals surface area contributed by atoms with Crippen LogP contribution in [-0.2, 0) is 93.9 Å². The number of carbonyl (C=O) groups is 6. The van der Waals surface area contributed by atoms with Crippen molar-refractivity contribution in [3.8, 4) is 0 Å². The topological polar surface area (TPSA) is 583 Å². The number of unbranched alkanes of at least 4 members (excludes halogenated alkanes) is 8. The van der Waals surface area contributed by atoms with E-state index in [1.54, 1.807) is 0 Å². The summed E-state index contributed by atoms with van der Waals surface area (Å²) < 4.78 is 90.7. The van der Waals surface area contributed by atoms with Crippen LogP contribution in [0.4, 0.5) is 0 Å². The number of hydrogen-bond acceptors (Lipinski definition) is 29. The normalized spacial score (nSPS) is 26.5. The van der Waals surface area contributed by atoms with Crippen LogP contribution in [0, 0.1) is 5.41 Å². The zero-order valence-corrected chi connectivity index (χ0v) is 59.9. The van der Waals surface area contributed by atoms with Crippen molar-refractivity contribution in [2.24, 2.45) is 5.41 Å². The fraction of sp³-hybridized carbons (Fsp3) is 0.902. The fourth-order valence-corrected chi connectivity index (χ4v) is 11.8. The summed E-state index contributed by atoms with van der Waals surface area (Å²) in [6.07, 6.45) is -13.2. The third-order valence-corrected chi connectivity index (χ3v) is 18.2. The summed E-state index contributed by atoms with van der Waals surface area (Å²) >= 11 is 0. The molecule has 0 spiro atoms. The molecule has 3 rings (SSSR count). The first kappa shape index (κ1) is 92.5. The van der Waals surface area contributed by atoms with E-state index in [1.807, 2.05) is 6.92 Å². The summed E-state index contributed by atoms with van der Waals surface area (Å²) in [5.41, 5.74) is -0.556. The van der Waals surface area contributed by atoms with E-state index in [9.17, 15) is 88.4 Å². The van der Waals surface area contributed by atoms with Crippen molar-refractivity contribution in [1.29, 1.82) is 0 Å². The first-order chi connectivity index (χ1) is 47.6. The summed E-state index contributed by atoms with van der Waals surface area (Å²) in [5, 5.41) is 96.9. The lowest BCUT2D eigenvalue weighted by molar-refractivity contribution is -0.300. The number of hydrogen-bond donors (Lipinski definition) is 17. The van der Waals surface area contributed by atoms with Gasteiger partial charge in [0.05, 0.1) is 46.2 Å². The molecule has 3 heterocycles. The number of rotatable bonds is 58. The van der Waals surface area contributed by atoms with Crippen LogP contribution in [-0.4, -0.2) is 282 Å². The Bertz CT molecular complexity index is 2280. The number of phosphoric ester groups is 3. The van der Waals surface area contributed by atoms with Crippen LogP contribution in [0.25, 0.3) is 0 Å². The molecule has 15 unspecified atom stereocenters. The minimum atomic E-state index is -4.91. The van der Waals surface area contributed by atoms with Crippen molar-refractivity contribution in [1.82, 2.24) is 10.6 Å². The Morgan fingerprint density at radius 2 is 0.624 bits per heavy atom. The number of amides is 2. The van der Waals surface area contributed by atoms with Gasteiger partial charge in [-0.3, -0.25) is 42.3 Å². The Hall–Kier alpha value is -2.73. The zero-order chi connectivity index (χ0) is 75.2. The van der Waals surface area contributed by atoms with Crippen LogP contribution in [0.1, 0.15) is 174 Å². The van der Waals surface area contributed by atoms with Crippen LogP contribution in [0.2, 0.25) is 0 Å². The van der Waals surface area contributed by atoms with Gasteiger partial charge in [0.15, 0.2) is 18.9 Å². The minimum Gasteiger partial charge on any atom is -0.387 e. The number of nitrogens with one attached hydrogen (secondary N) is 2. The lowest BCUT2D eigenvalue weighted by atomic mass is 9.86. The third-order valence-electron chi connectivity index (χ3n) is 16.8. The maximum Gasteiger partial charge on any atom is 0.469 e. The second kappa shape index (κ2) is 49.3. The van der Waals surface area contributed by atoms with Crippen LogP contribution < -0.4 is 10.6 Å². The average molecular weight is 1530 g/mol. The van der Waals surface area contributed by atoms with Gasteiger partial charge in [-0.25, -0.2) is 13.7 Å². The standard InChI is InChI=1S/C61H111N2O35P3/c1-61(27-12-8-23-47(68)62-28-16-29-63-48(69)24-11-15-32-92-60-57(78)54(75)51(72)46(98-60)37-95-101(85,86)87,38-88-33-25-42(66)19-6-2-4-17-40(64)21-9-13-30-90-58-55(76)52(73)49(70)44(96-58)35-93-99(79,80)81)39-89-34-26-43(67)20-7-3-5-18-41(65)22-10-14-31-91-59-56(77)53(74)50(71)45(97-59)36-94-100(82,83)84/h44-46,49-60,70-78H,2-39H2,1H3,(H,62,68)(H,63,69)(H2,79,80,81)(H2,82,83,84)(H2,85,86,87). The highest BCUT2D eigenvalue weighted by Crippen LogP contribution is 2.39. The number of ether oxygens (including phenoxy) is 8. The molecule has 0 aromatic heterocycles. The molecule has 3 aliphatic heterocycles. The summed E-state index contributed by atoms with van der Waals surface area (Å²) in [6, 6.07) is 0. The quantitative estimate of drug-likeness (QED) is 0.0269. The van der Waals surface area contributed by atoms with Crippen molar-refractivity contribution < 1.29 is 169 Å². The zero-order valence-electron chi connectivity index (χ0n) is 57.2. The molecule has 0 saturated carbocycles. The van der Waals surface area contributed by atoms with Crippen LogP contribution in [0.5, 0.6) is 0 Å². The summed E-state index contributed by atoms with van der Waals surface area (Å²) in [6.45, 7) is 0.968. The number of Topliss-reactive ketones (excluding diaryl/α,β-unsaturated/α-hetero) is 4. The molecule has 3 aliphatic rings. The summed E-state index contributed by atoms with van der Waals surface area (Å²) in [4.78, 5) is 130. The van der Waals surface area contributed by atoms with Gasteiger partial charge >= 0.3 is 23.5 Å². The Balaban J connectivity index is 1.33. The second-order valence-corrected chi connectivity index (χ2v) is 29.6. The van der Waals surface area contributed by atoms with E-state index in [0.29, 0.717) is 135 Å². The Labute approximate surface area is 586 Å². The van der Waals surface area contributed by atoms with Gasteiger partial charge < -0.3 is 124 Å². The number of aliphatic hydroxyl groups is 9. The van der Waals surface area contributed by atoms with Crippen LogP contribution >= 0.6 is 23.5 Å². The molecule has 0 aliphatic carbocycles. The lowest BCUT2D eigenvalue weighted by Gasteiger charge is -2.40. The number of carbonyl (C=O) groups excluding carboxylic acids is 6. The lowest BCUT2D eigenvalue weighted by Crippen LogP contribution is -2.59. The van der Waals surface area contributed by atoms with Crippen molar-refractivity contribution in [3.05, 3.63) is 0 Å². The maximum atomic E-state index is 12.8. The molecule has 17 N–H and O–H groups in total. The predicted molar refractivity (Wildman–Crippen MR) is 348 cm³/mol. The smallest absolute Gasteiger partial charge is 0.387 e. The molecule has 40 heteroatoms. The molecule has 0 aromatic rings. The van der Waals surface area contributed by atoms with E-state index in [1.165, 1.54) is 0 Å². The highest BCUT2D eigenvalue weighted by atomic mass is 31.2. The number of phosphoric acid groups is 3. The monoisotopic (exact) mass is 1520 g/mol. The summed E-state index contributed by atoms with van der Waals surface area (Å²) in [7, 11) is -14.7. The van der Waals surface area contributed by atoms with Gasteiger partial charge in [-0.15, -0.1) is 0 Å². The van der Waals surface area contributed by atoms with Crippen LogP contribution in [0.15, 0.2) is 0 Å². The van der Waals surface area contributed by atoms with Crippen molar-refractivity contribution in [2.45, 2.75) is 266 Å². The second-order valence-electron chi connectivity index (χ2n) is 25.8. The highest BCUT2D eigenvalue weighted by Gasteiger charge is 2.48. The van der Waals surface area contributed by atoms with E-state index in [0.717, 1.165) is 0 Å². The molecule has 15 atom stereocenters. The van der Waals surface area contributed by atoms with Gasteiger partial charge in [-0.2, -0.15) is 0 Å². The molecule has 101 heavy (non-hydrogen) atoms. The number of ketones is 4. The molecular weight excluding hydrogens is 1410 g/mol. The van der Waals surface area contributed by atoms with Gasteiger partial charge in [-0.05, 0) is 83.5 Å². The van der Waals surface area contributed by atoms with Gasteiger partial charge in [-0.1, -0.05) is 26.2 Å². The number of aliphatic hydroxyl groups excluding tert-OH is 9. The van der Waals surface area contributed by atoms with Gasteiger partial charge in [0.25, 0.3) is 0 Å². The predicted octanol–water partition coefficient (Wildman–Crippen LogP) is -0.522. The molecule has 0 aromatic carbocycles. The van der Waals surface area contributed by atoms with E-state index < -0.39 is 141 Å². The SMILES string of the molecule is CC(CCCCC(=O)NCCCNC(=O)CCCCOC1OC(COP(=O)(O)O)C(O)C(O)C1O)(COCCC(=O)CCCCCC(=O)CCCCOC1OC(COP(=O)(O)O)C(O)C(O)C1O)COCCC(=O)CCCCCC(=O)CCCCOC1OC(COP(=O)(O)O)C(O)C(O)C1O. The van der Waals surface area contributed by atoms with Crippen molar-refractivity contribution in [3.63, 3.8) is 0 Å². The molecule has 0 radical (unpaired) electrons. The largest absolute Gasteiger partial charge is 0.469 e. The Morgan fingerprint density at radius 3 is 0.931 bits per heavy atom. The molecule has 590 valence electrons. The molecule has 3 saturated heterocycles. The Kier molecular flexibility index (Phi) is 45.1. The van der Waals surface area contributed by atoms with E-state index >= 15 is 0 Å². The molecule has 0 bridgehead atoms. The first-order valence-electron chi connectivity index (χ1n) is 34.4. The Morgan fingerprint density at radius 1 is 0.347 bits per heavy atom. The van der Waals surface area contributed by atoms with E-state index in [-0.39, 0.29) is 126 Å². The highest BCUT2D eigenvalue weighted by molar-refractivity contribution is 7.46. The van der Waals surface area contributed by atoms with Crippen molar-refractivity contribution >= 4 is 58.4 Å². The fourth-order valence-electron chi connectivity index (χ4n) is 10.8. The molecule has 37 nitrogen and oxygen atoms in total. The van der Waals surface area contributed by atoms with E-state index in [2.05, 4.69) is 24.2 Å². The maximum absolute atomic E-state index is 12.8. The molecule has 3 fully saturated rings.